The van der Waals surface area contributed by atoms with Crippen molar-refractivity contribution >= 4 is 17.8 Å². The van der Waals surface area contributed by atoms with Crippen LogP contribution in [0.1, 0.15) is 18.9 Å². The molecule has 1 aliphatic rings. The molecule has 1 aromatic carbocycles. The molecular weight excluding hydrogens is 256 g/mol. The van der Waals surface area contributed by atoms with E-state index in [1.165, 1.54) is 7.11 Å². The summed E-state index contributed by atoms with van der Waals surface area (Å²) >= 11 is 0. The second kappa shape index (κ2) is 6.01. The van der Waals surface area contributed by atoms with Crippen molar-refractivity contribution in [3.05, 3.63) is 42.0 Å². The quantitative estimate of drug-likeness (QED) is 0.626. The van der Waals surface area contributed by atoms with E-state index in [0.717, 1.165) is 5.56 Å². The summed E-state index contributed by atoms with van der Waals surface area (Å²) in [6, 6.07) is 9.65. The van der Waals surface area contributed by atoms with Crippen molar-refractivity contribution < 1.29 is 19.1 Å². The molecule has 0 aliphatic carbocycles. The van der Waals surface area contributed by atoms with Gasteiger partial charge < -0.3 is 9.47 Å². The molecule has 0 radical (unpaired) electrons. The summed E-state index contributed by atoms with van der Waals surface area (Å²) in [4.78, 5) is 24.1. The van der Waals surface area contributed by atoms with Gasteiger partial charge in [-0.25, -0.2) is 0 Å². The summed E-state index contributed by atoms with van der Waals surface area (Å²) in [6.07, 6.45) is 3.24. The second-order valence-electron chi connectivity index (χ2n) is 4.93. The topological polar surface area (TPSA) is 52.6 Å². The van der Waals surface area contributed by atoms with Gasteiger partial charge in [0.1, 0.15) is 0 Å². The van der Waals surface area contributed by atoms with Crippen LogP contribution in [0.3, 0.4) is 0 Å². The van der Waals surface area contributed by atoms with Gasteiger partial charge in [-0.3, -0.25) is 9.59 Å². The first-order valence-corrected chi connectivity index (χ1v) is 6.55. The van der Waals surface area contributed by atoms with Gasteiger partial charge in [-0.1, -0.05) is 42.5 Å². The Kier molecular flexibility index (Phi) is 4.35. The highest BCUT2D eigenvalue weighted by molar-refractivity contribution is 6.05. The van der Waals surface area contributed by atoms with Crippen molar-refractivity contribution in [2.24, 2.45) is 5.41 Å². The molecule has 20 heavy (non-hydrogen) atoms. The molecule has 4 nitrogen and oxygen atoms in total. The van der Waals surface area contributed by atoms with Crippen LogP contribution < -0.4 is 0 Å². The van der Waals surface area contributed by atoms with Crippen molar-refractivity contribution in [1.82, 2.24) is 0 Å². The fourth-order valence-electron chi connectivity index (χ4n) is 2.32. The van der Waals surface area contributed by atoms with Crippen LogP contribution in [0.2, 0.25) is 0 Å². The summed E-state index contributed by atoms with van der Waals surface area (Å²) < 4.78 is 10.4. The van der Waals surface area contributed by atoms with Crippen LogP contribution in [-0.2, 0) is 19.1 Å². The van der Waals surface area contributed by atoms with E-state index in [1.54, 1.807) is 13.0 Å². The van der Waals surface area contributed by atoms with E-state index < -0.39 is 17.5 Å². The van der Waals surface area contributed by atoms with E-state index in [0.29, 0.717) is 6.61 Å². The van der Waals surface area contributed by atoms with E-state index in [1.807, 2.05) is 36.4 Å². The van der Waals surface area contributed by atoms with Crippen molar-refractivity contribution in [2.75, 3.05) is 13.7 Å². The SMILES string of the molecule is COC(=O)[C@]1(C)C(=O)CCO[C@@H]1/C=C/c1ccccc1. The lowest BCUT2D eigenvalue weighted by molar-refractivity contribution is -0.170. The average Bonchev–Trinajstić information content (AvgIpc) is 2.49. The first kappa shape index (κ1) is 14.5. The van der Waals surface area contributed by atoms with Crippen LogP contribution in [0.25, 0.3) is 6.08 Å². The molecule has 106 valence electrons. The van der Waals surface area contributed by atoms with Gasteiger partial charge in [0.2, 0.25) is 0 Å². The normalized spacial score (nSPS) is 26.7. The Labute approximate surface area is 118 Å². The molecule has 1 saturated heterocycles. The number of carbonyl (C=O) groups excluding carboxylic acids is 2. The fraction of sp³-hybridized carbons (Fsp3) is 0.375. The maximum atomic E-state index is 12.1. The van der Waals surface area contributed by atoms with E-state index >= 15 is 0 Å². The van der Waals surface area contributed by atoms with Crippen molar-refractivity contribution in [3.63, 3.8) is 0 Å². The standard InChI is InChI=1S/C16H18O4/c1-16(15(18)19-2)13(17)10-11-20-14(16)9-8-12-6-4-3-5-7-12/h3-9,14H,10-11H2,1-2H3/b9-8+/t14-,16-/m1/s1. The maximum Gasteiger partial charge on any atom is 0.322 e. The van der Waals surface area contributed by atoms with Crippen molar-refractivity contribution in [1.29, 1.82) is 0 Å². The van der Waals surface area contributed by atoms with Crippen LogP contribution in [0, 0.1) is 5.41 Å². The highest BCUT2D eigenvalue weighted by Crippen LogP contribution is 2.33. The first-order valence-electron chi connectivity index (χ1n) is 6.55. The highest BCUT2D eigenvalue weighted by atomic mass is 16.5. The molecule has 0 amide bonds. The van der Waals surface area contributed by atoms with Gasteiger partial charge in [-0.05, 0) is 12.5 Å². The number of methoxy groups -OCH3 is 1. The first-order chi connectivity index (χ1) is 9.59. The Morgan fingerprint density at radius 1 is 1.40 bits per heavy atom. The number of carbonyl (C=O) groups is 2. The molecule has 4 heteroatoms. The van der Waals surface area contributed by atoms with E-state index in [4.69, 9.17) is 9.47 Å². The average molecular weight is 274 g/mol. The molecule has 1 fully saturated rings. The molecule has 2 rings (SSSR count). The van der Waals surface area contributed by atoms with Crippen molar-refractivity contribution in [3.8, 4) is 0 Å². The summed E-state index contributed by atoms with van der Waals surface area (Å²) in [7, 11) is 1.29. The van der Waals surface area contributed by atoms with E-state index in [-0.39, 0.29) is 12.2 Å². The molecule has 0 unspecified atom stereocenters. The molecule has 0 bridgehead atoms. The predicted molar refractivity (Wildman–Crippen MR) is 75.0 cm³/mol. The van der Waals surface area contributed by atoms with Gasteiger partial charge in [0.25, 0.3) is 0 Å². The molecule has 1 aromatic rings. The molecule has 0 N–H and O–H groups in total. The minimum atomic E-state index is -1.27. The zero-order valence-corrected chi connectivity index (χ0v) is 11.7. The number of hydrogen-bond acceptors (Lipinski definition) is 4. The highest BCUT2D eigenvalue weighted by Gasteiger charge is 2.50. The Morgan fingerprint density at radius 3 is 2.75 bits per heavy atom. The molecule has 0 aromatic heterocycles. The zero-order valence-electron chi connectivity index (χ0n) is 11.7. The minimum Gasteiger partial charge on any atom is -0.468 e. The third-order valence-corrected chi connectivity index (χ3v) is 3.65. The van der Waals surface area contributed by atoms with Crippen LogP contribution in [0.15, 0.2) is 36.4 Å². The summed E-state index contributed by atoms with van der Waals surface area (Å²) in [5, 5.41) is 0. The molecule has 1 aliphatic heterocycles. The van der Waals surface area contributed by atoms with Crippen LogP contribution in [0.5, 0.6) is 0 Å². The number of rotatable bonds is 3. The van der Waals surface area contributed by atoms with Gasteiger partial charge in [0.05, 0.1) is 19.8 Å². The molecule has 0 saturated carbocycles. The predicted octanol–water partition coefficient (Wildman–Crippen LogP) is 2.24. The van der Waals surface area contributed by atoms with E-state index in [2.05, 4.69) is 0 Å². The zero-order chi connectivity index (χ0) is 14.6. The Morgan fingerprint density at radius 2 is 2.10 bits per heavy atom. The van der Waals surface area contributed by atoms with Gasteiger partial charge in [-0.15, -0.1) is 0 Å². The lowest BCUT2D eigenvalue weighted by Gasteiger charge is -2.35. The number of ether oxygens (including phenoxy) is 2. The third-order valence-electron chi connectivity index (χ3n) is 3.65. The fourth-order valence-corrected chi connectivity index (χ4v) is 2.32. The Hall–Kier alpha value is -1.94. The summed E-state index contributed by atoms with van der Waals surface area (Å²) in [5.74, 6) is -0.691. The molecule has 0 spiro atoms. The van der Waals surface area contributed by atoms with Crippen molar-refractivity contribution in [2.45, 2.75) is 19.4 Å². The van der Waals surface area contributed by atoms with Crippen LogP contribution in [-0.4, -0.2) is 31.6 Å². The van der Waals surface area contributed by atoms with Gasteiger partial charge in [0, 0.05) is 6.42 Å². The number of benzene rings is 1. The molecule has 1 heterocycles. The summed E-state index contributed by atoms with van der Waals surface area (Å²) in [6.45, 7) is 1.91. The third kappa shape index (κ3) is 2.65. The number of esters is 1. The second-order valence-corrected chi connectivity index (χ2v) is 4.93. The van der Waals surface area contributed by atoms with Crippen LogP contribution >= 0.6 is 0 Å². The smallest absolute Gasteiger partial charge is 0.322 e. The van der Waals surface area contributed by atoms with Gasteiger partial charge in [-0.2, -0.15) is 0 Å². The maximum absolute atomic E-state index is 12.1. The van der Waals surface area contributed by atoms with Crippen LogP contribution in [0.4, 0.5) is 0 Å². The Bertz CT molecular complexity index is 511. The number of ketones is 1. The Balaban J connectivity index is 2.26. The molecule has 2 atom stereocenters. The van der Waals surface area contributed by atoms with E-state index in [9.17, 15) is 9.59 Å². The minimum absolute atomic E-state index is 0.140. The van der Waals surface area contributed by atoms with Gasteiger partial charge in [0.15, 0.2) is 11.2 Å². The number of Topliss-reactive ketones (excluding diaryl/α,β-unsaturated/α-hetero) is 1. The monoisotopic (exact) mass is 274 g/mol. The lowest BCUT2D eigenvalue weighted by atomic mass is 9.76. The van der Waals surface area contributed by atoms with Gasteiger partial charge >= 0.3 is 5.97 Å². The molecular formula is C16H18O4. The summed E-state index contributed by atoms with van der Waals surface area (Å²) in [5.41, 5.74) is -0.278. The number of hydrogen-bond donors (Lipinski definition) is 0. The lowest BCUT2D eigenvalue weighted by Crippen LogP contribution is -2.51. The largest absolute Gasteiger partial charge is 0.468 e.